The second kappa shape index (κ2) is 3.02. The van der Waals surface area contributed by atoms with Gasteiger partial charge in [-0.25, -0.2) is 4.57 Å². The summed E-state index contributed by atoms with van der Waals surface area (Å²) in [4.78, 5) is 2.82. The van der Waals surface area contributed by atoms with Crippen LogP contribution in [0.5, 0.6) is 0 Å². The fraction of sp³-hybridized carbons (Fsp3) is 0.571. The number of nitrogens with one attached hydrogen (secondary N) is 1. The SMILES string of the molecule is CCC(O)(O)C[n+]1cc[nH]c1. The summed E-state index contributed by atoms with van der Waals surface area (Å²) in [5.74, 6) is -1.59. The summed E-state index contributed by atoms with van der Waals surface area (Å²) in [5.41, 5.74) is 0. The minimum absolute atomic E-state index is 0.201. The first-order chi connectivity index (χ1) is 5.14. The maximum atomic E-state index is 9.22. The van der Waals surface area contributed by atoms with Crippen molar-refractivity contribution >= 4 is 0 Å². The van der Waals surface area contributed by atoms with Gasteiger partial charge in [0.1, 0.15) is 18.9 Å². The van der Waals surface area contributed by atoms with Gasteiger partial charge in [-0.1, -0.05) is 6.92 Å². The summed E-state index contributed by atoms with van der Waals surface area (Å²) in [5, 5.41) is 18.4. The van der Waals surface area contributed by atoms with E-state index in [2.05, 4.69) is 4.98 Å². The summed E-state index contributed by atoms with van der Waals surface area (Å²) in [6.07, 6.45) is 5.48. The molecule has 0 aliphatic carbocycles. The van der Waals surface area contributed by atoms with Gasteiger partial charge in [-0.2, -0.15) is 0 Å². The molecule has 0 atom stereocenters. The van der Waals surface area contributed by atoms with Crippen LogP contribution in [0.3, 0.4) is 0 Å². The third-order valence-corrected chi connectivity index (χ3v) is 1.60. The van der Waals surface area contributed by atoms with Crippen LogP contribution in [0.2, 0.25) is 0 Å². The molecule has 0 bridgehead atoms. The number of aromatic amines is 1. The number of hydrogen-bond donors (Lipinski definition) is 3. The monoisotopic (exact) mass is 157 g/mol. The van der Waals surface area contributed by atoms with Crippen molar-refractivity contribution in [2.45, 2.75) is 25.7 Å². The Morgan fingerprint density at radius 2 is 2.27 bits per heavy atom. The molecular formula is C7H13N2O2+. The van der Waals surface area contributed by atoms with Gasteiger partial charge in [-0.3, -0.25) is 4.98 Å². The van der Waals surface area contributed by atoms with E-state index in [0.29, 0.717) is 6.42 Å². The van der Waals surface area contributed by atoms with Gasteiger partial charge >= 0.3 is 0 Å². The lowest BCUT2D eigenvalue weighted by atomic mass is 10.2. The van der Waals surface area contributed by atoms with E-state index in [-0.39, 0.29) is 6.54 Å². The first-order valence-electron chi connectivity index (χ1n) is 3.60. The van der Waals surface area contributed by atoms with Crippen molar-refractivity contribution in [2.75, 3.05) is 0 Å². The Bertz CT molecular complexity index is 206. The number of imidazole rings is 1. The van der Waals surface area contributed by atoms with Crippen molar-refractivity contribution in [1.82, 2.24) is 4.98 Å². The zero-order valence-electron chi connectivity index (χ0n) is 6.49. The molecule has 0 aromatic carbocycles. The zero-order chi connectivity index (χ0) is 8.32. The van der Waals surface area contributed by atoms with E-state index < -0.39 is 5.79 Å². The molecule has 0 saturated heterocycles. The van der Waals surface area contributed by atoms with Gasteiger partial charge in [-0.05, 0) is 0 Å². The molecule has 0 aliphatic heterocycles. The second-order valence-corrected chi connectivity index (χ2v) is 2.62. The Kier molecular flexibility index (Phi) is 2.26. The molecule has 3 N–H and O–H groups in total. The van der Waals surface area contributed by atoms with Gasteiger partial charge < -0.3 is 10.2 Å². The largest absolute Gasteiger partial charge is 0.363 e. The highest BCUT2D eigenvalue weighted by molar-refractivity contribution is 4.59. The van der Waals surface area contributed by atoms with Gasteiger partial charge in [0.2, 0.25) is 12.1 Å². The Morgan fingerprint density at radius 3 is 2.73 bits per heavy atom. The van der Waals surface area contributed by atoms with Crippen molar-refractivity contribution in [3.8, 4) is 0 Å². The minimum atomic E-state index is -1.59. The molecule has 4 heteroatoms. The van der Waals surface area contributed by atoms with Crippen LogP contribution in [0.1, 0.15) is 13.3 Å². The average molecular weight is 157 g/mol. The van der Waals surface area contributed by atoms with Gasteiger partial charge in [0.15, 0.2) is 0 Å². The molecule has 0 aliphatic rings. The molecule has 0 spiro atoms. The molecule has 1 aromatic heterocycles. The Balaban J connectivity index is 2.56. The van der Waals surface area contributed by atoms with E-state index in [4.69, 9.17) is 0 Å². The van der Waals surface area contributed by atoms with E-state index in [1.807, 2.05) is 0 Å². The molecule has 11 heavy (non-hydrogen) atoms. The van der Waals surface area contributed by atoms with Crippen LogP contribution < -0.4 is 4.57 Å². The summed E-state index contributed by atoms with van der Waals surface area (Å²) in [6.45, 7) is 1.93. The zero-order valence-corrected chi connectivity index (χ0v) is 6.49. The summed E-state index contributed by atoms with van der Waals surface area (Å²) in [6, 6.07) is 0. The van der Waals surface area contributed by atoms with E-state index in [1.54, 1.807) is 30.2 Å². The summed E-state index contributed by atoms with van der Waals surface area (Å²) < 4.78 is 1.68. The summed E-state index contributed by atoms with van der Waals surface area (Å²) >= 11 is 0. The number of H-pyrrole nitrogens is 1. The fourth-order valence-corrected chi connectivity index (χ4v) is 0.823. The topological polar surface area (TPSA) is 60.1 Å². The average Bonchev–Trinajstić information content (AvgIpc) is 2.39. The van der Waals surface area contributed by atoms with Crippen LogP contribution >= 0.6 is 0 Å². The van der Waals surface area contributed by atoms with Gasteiger partial charge in [0, 0.05) is 6.42 Å². The first-order valence-corrected chi connectivity index (χ1v) is 3.60. The first kappa shape index (κ1) is 8.23. The van der Waals surface area contributed by atoms with Crippen LogP contribution in [0, 0.1) is 0 Å². The standard InChI is InChI=1S/C7H12N2O2/c1-2-7(10,11)5-9-4-3-8-6-9/h3-4,6,10-11H,2,5H2,1H3/p+1. The van der Waals surface area contributed by atoms with Gasteiger partial charge in [0.25, 0.3) is 0 Å². The van der Waals surface area contributed by atoms with Crippen LogP contribution in [-0.4, -0.2) is 21.0 Å². The lowest BCUT2D eigenvalue weighted by Gasteiger charge is -2.16. The molecule has 0 saturated carbocycles. The quantitative estimate of drug-likeness (QED) is 0.405. The maximum Gasteiger partial charge on any atom is 0.241 e. The van der Waals surface area contributed by atoms with Crippen molar-refractivity contribution in [2.24, 2.45) is 0 Å². The van der Waals surface area contributed by atoms with Crippen molar-refractivity contribution in [3.05, 3.63) is 18.7 Å². The van der Waals surface area contributed by atoms with Crippen LogP contribution in [-0.2, 0) is 6.54 Å². The normalized spacial score (nSPS) is 11.9. The molecule has 1 rings (SSSR count). The van der Waals surface area contributed by atoms with Gasteiger partial charge in [-0.15, -0.1) is 0 Å². The third kappa shape index (κ3) is 2.32. The van der Waals surface area contributed by atoms with E-state index in [9.17, 15) is 10.2 Å². The van der Waals surface area contributed by atoms with Crippen LogP contribution in [0.15, 0.2) is 18.7 Å². The Morgan fingerprint density at radius 1 is 1.55 bits per heavy atom. The predicted octanol–water partition coefficient (Wildman–Crippen LogP) is -0.607. The number of nitrogens with zero attached hydrogens (tertiary/aromatic N) is 1. The Labute approximate surface area is 65.1 Å². The number of hydrogen-bond acceptors (Lipinski definition) is 2. The smallest absolute Gasteiger partial charge is 0.241 e. The summed E-state index contributed by atoms with van der Waals surface area (Å²) in [7, 11) is 0. The third-order valence-electron chi connectivity index (χ3n) is 1.60. The van der Waals surface area contributed by atoms with Crippen LogP contribution in [0.25, 0.3) is 0 Å². The molecule has 0 radical (unpaired) electrons. The minimum Gasteiger partial charge on any atom is -0.363 e. The number of aliphatic hydroxyl groups is 2. The van der Waals surface area contributed by atoms with Crippen molar-refractivity contribution in [1.29, 1.82) is 0 Å². The lowest BCUT2D eigenvalue weighted by molar-refractivity contribution is -0.718. The highest BCUT2D eigenvalue weighted by Gasteiger charge is 2.23. The molecule has 1 heterocycles. The molecule has 4 nitrogen and oxygen atoms in total. The molecule has 62 valence electrons. The maximum absolute atomic E-state index is 9.22. The van der Waals surface area contributed by atoms with Crippen molar-refractivity contribution < 1.29 is 14.8 Å². The molecular weight excluding hydrogens is 144 g/mol. The van der Waals surface area contributed by atoms with Crippen LogP contribution in [0.4, 0.5) is 0 Å². The lowest BCUT2D eigenvalue weighted by Crippen LogP contribution is -2.46. The second-order valence-electron chi connectivity index (χ2n) is 2.62. The highest BCUT2D eigenvalue weighted by Crippen LogP contribution is 2.03. The Hall–Kier alpha value is -0.870. The number of aromatic nitrogens is 2. The number of rotatable bonds is 3. The van der Waals surface area contributed by atoms with E-state index >= 15 is 0 Å². The fourth-order valence-electron chi connectivity index (χ4n) is 0.823. The molecule has 0 fully saturated rings. The predicted molar refractivity (Wildman–Crippen MR) is 38.4 cm³/mol. The van der Waals surface area contributed by atoms with Crippen molar-refractivity contribution in [3.63, 3.8) is 0 Å². The van der Waals surface area contributed by atoms with E-state index in [0.717, 1.165) is 0 Å². The molecule has 0 unspecified atom stereocenters. The molecule has 1 aromatic rings. The van der Waals surface area contributed by atoms with Gasteiger partial charge in [0.05, 0.1) is 0 Å². The van der Waals surface area contributed by atoms with E-state index in [1.165, 1.54) is 0 Å². The molecule has 0 amide bonds. The highest BCUT2D eigenvalue weighted by atomic mass is 16.5.